The van der Waals surface area contributed by atoms with Crippen LogP contribution in [0.2, 0.25) is 0 Å². The third-order valence-electron chi connectivity index (χ3n) is 3.32. The van der Waals surface area contributed by atoms with Crippen molar-refractivity contribution >= 4 is 11.8 Å². The molecule has 0 aliphatic carbocycles. The van der Waals surface area contributed by atoms with Crippen molar-refractivity contribution in [2.75, 3.05) is 32.1 Å². The number of aromatic nitrogens is 2. The molecule has 1 aliphatic rings. The maximum absolute atomic E-state index is 11.6. The highest BCUT2D eigenvalue weighted by atomic mass is 16.5. The van der Waals surface area contributed by atoms with Gasteiger partial charge in [0.1, 0.15) is 5.82 Å². The first-order valence-electron chi connectivity index (χ1n) is 6.51. The van der Waals surface area contributed by atoms with Gasteiger partial charge in [0.15, 0.2) is 0 Å². The molecule has 1 N–H and O–H groups in total. The second kappa shape index (κ2) is 5.97. The molecule has 2 rings (SSSR count). The van der Waals surface area contributed by atoms with Gasteiger partial charge in [-0.05, 0) is 26.8 Å². The number of nitrogens with one attached hydrogen (secondary N) is 1. The first-order valence-corrected chi connectivity index (χ1v) is 6.51. The highest BCUT2D eigenvalue weighted by Gasteiger charge is 2.26. The number of hydrogen-bond donors (Lipinski definition) is 1. The van der Waals surface area contributed by atoms with E-state index in [0.717, 1.165) is 37.4 Å². The van der Waals surface area contributed by atoms with Crippen molar-refractivity contribution in [3.8, 4) is 0 Å². The number of hydrogen-bond acceptors (Lipinski definition) is 6. The Morgan fingerprint density at radius 1 is 1.58 bits per heavy atom. The minimum Gasteiger partial charge on any atom is -0.463 e. The third kappa shape index (κ3) is 3.01. The highest BCUT2D eigenvalue weighted by molar-refractivity contribution is 5.85. The predicted molar refractivity (Wildman–Crippen MR) is 72.4 cm³/mol. The van der Waals surface area contributed by atoms with Crippen LogP contribution >= 0.6 is 0 Å². The number of nitrogens with zero attached hydrogens (tertiary/aromatic N) is 3. The molecule has 6 nitrogen and oxygen atoms in total. The Labute approximate surface area is 113 Å². The van der Waals surface area contributed by atoms with Crippen LogP contribution in [0.1, 0.15) is 29.2 Å². The minimum atomic E-state index is -0.491. The molecule has 0 amide bonds. The van der Waals surface area contributed by atoms with E-state index in [1.165, 1.54) is 7.11 Å². The molecule has 0 bridgehead atoms. The van der Waals surface area contributed by atoms with E-state index in [-0.39, 0.29) is 5.82 Å². The average Bonchev–Trinajstić information content (AvgIpc) is 2.86. The SMILES string of the molecule is CNCC1CCCN1c1cc(C)nc(C(=O)OC)n1. The van der Waals surface area contributed by atoms with E-state index in [4.69, 9.17) is 0 Å². The molecule has 0 radical (unpaired) electrons. The van der Waals surface area contributed by atoms with Crippen LogP contribution in [-0.2, 0) is 4.74 Å². The highest BCUT2D eigenvalue weighted by Crippen LogP contribution is 2.24. The van der Waals surface area contributed by atoms with E-state index in [2.05, 4.69) is 24.9 Å². The van der Waals surface area contributed by atoms with Gasteiger partial charge < -0.3 is 15.0 Å². The van der Waals surface area contributed by atoms with Gasteiger partial charge in [0.05, 0.1) is 7.11 Å². The number of esters is 1. The summed E-state index contributed by atoms with van der Waals surface area (Å²) in [5.41, 5.74) is 0.778. The summed E-state index contributed by atoms with van der Waals surface area (Å²) in [4.78, 5) is 22.2. The van der Waals surface area contributed by atoms with E-state index in [9.17, 15) is 4.79 Å². The van der Waals surface area contributed by atoms with Gasteiger partial charge in [-0.1, -0.05) is 0 Å². The number of ether oxygens (including phenoxy) is 1. The third-order valence-corrected chi connectivity index (χ3v) is 3.32. The normalized spacial score (nSPS) is 18.7. The summed E-state index contributed by atoms with van der Waals surface area (Å²) in [5.74, 6) is 0.451. The van der Waals surface area contributed by atoms with Gasteiger partial charge in [-0.15, -0.1) is 0 Å². The molecule has 1 aromatic heterocycles. The topological polar surface area (TPSA) is 67.4 Å². The fourth-order valence-corrected chi connectivity index (χ4v) is 2.47. The largest absolute Gasteiger partial charge is 0.463 e. The average molecular weight is 264 g/mol. The molecule has 1 atom stereocenters. The Morgan fingerprint density at radius 3 is 3.05 bits per heavy atom. The molecule has 0 saturated carbocycles. The quantitative estimate of drug-likeness (QED) is 0.810. The first-order chi connectivity index (χ1) is 9.15. The molecule has 1 aromatic rings. The van der Waals surface area contributed by atoms with Crippen molar-refractivity contribution in [1.82, 2.24) is 15.3 Å². The number of likely N-dealkylation sites (N-methyl/N-ethyl adjacent to an activating group) is 1. The Morgan fingerprint density at radius 2 is 2.37 bits per heavy atom. The molecule has 19 heavy (non-hydrogen) atoms. The lowest BCUT2D eigenvalue weighted by Gasteiger charge is -2.25. The molecule has 0 spiro atoms. The van der Waals surface area contributed by atoms with Gasteiger partial charge in [-0.25, -0.2) is 14.8 Å². The number of anilines is 1. The van der Waals surface area contributed by atoms with Crippen LogP contribution in [-0.4, -0.2) is 49.2 Å². The van der Waals surface area contributed by atoms with Crippen LogP contribution in [0.4, 0.5) is 5.82 Å². The fourth-order valence-electron chi connectivity index (χ4n) is 2.47. The lowest BCUT2D eigenvalue weighted by Crippen LogP contribution is -2.37. The smallest absolute Gasteiger partial charge is 0.376 e. The molecule has 6 heteroatoms. The predicted octanol–water partition coefficient (Wildman–Crippen LogP) is 0.760. The molecular weight excluding hydrogens is 244 g/mol. The zero-order chi connectivity index (χ0) is 13.8. The Balaban J connectivity index is 2.28. The van der Waals surface area contributed by atoms with Gasteiger partial charge in [-0.3, -0.25) is 0 Å². The first kappa shape index (κ1) is 13.7. The molecule has 0 aromatic carbocycles. The van der Waals surface area contributed by atoms with E-state index in [0.29, 0.717) is 6.04 Å². The van der Waals surface area contributed by atoms with Crippen molar-refractivity contribution in [3.05, 3.63) is 17.6 Å². The summed E-state index contributed by atoms with van der Waals surface area (Å²) in [6, 6.07) is 2.34. The molecule has 1 aliphatic heterocycles. The summed E-state index contributed by atoms with van der Waals surface area (Å²) in [6.07, 6.45) is 2.28. The Hall–Kier alpha value is -1.69. The van der Waals surface area contributed by atoms with Crippen LogP contribution < -0.4 is 10.2 Å². The Bertz CT molecular complexity index is 464. The summed E-state index contributed by atoms with van der Waals surface area (Å²) in [7, 11) is 3.29. The number of carbonyl (C=O) groups is 1. The number of aryl methyl sites for hydroxylation is 1. The molecule has 104 valence electrons. The second-order valence-corrected chi connectivity index (χ2v) is 4.73. The van der Waals surface area contributed by atoms with Gasteiger partial charge in [0.2, 0.25) is 5.82 Å². The molecule has 1 fully saturated rings. The maximum Gasteiger partial charge on any atom is 0.376 e. The molecule has 1 saturated heterocycles. The van der Waals surface area contributed by atoms with E-state index in [1.807, 2.05) is 20.0 Å². The second-order valence-electron chi connectivity index (χ2n) is 4.73. The maximum atomic E-state index is 11.6. The number of methoxy groups -OCH3 is 1. The molecule has 1 unspecified atom stereocenters. The summed E-state index contributed by atoms with van der Waals surface area (Å²) in [6.45, 7) is 3.74. The monoisotopic (exact) mass is 264 g/mol. The van der Waals surface area contributed by atoms with Crippen LogP contribution in [0.15, 0.2) is 6.07 Å². The van der Waals surface area contributed by atoms with E-state index in [1.54, 1.807) is 0 Å². The van der Waals surface area contributed by atoms with Crippen molar-refractivity contribution in [2.24, 2.45) is 0 Å². The van der Waals surface area contributed by atoms with Crippen LogP contribution in [0.25, 0.3) is 0 Å². The zero-order valence-corrected chi connectivity index (χ0v) is 11.6. The fraction of sp³-hybridized carbons (Fsp3) is 0.615. The number of rotatable bonds is 4. The lowest BCUT2D eigenvalue weighted by atomic mass is 10.2. The standard InChI is InChI=1S/C13H20N4O2/c1-9-7-11(16-12(15-9)13(18)19-3)17-6-4-5-10(17)8-14-2/h7,10,14H,4-6,8H2,1-3H3. The van der Waals surface area contributed by atoms with Crippen LogP contribution in [0.5, 0.6) is 0 Å². The summed E-state index contributed by atoms with van der Waals surface area (Å²) in [5, 5.41) is 3.20. The van der Waals surface area contributed by atoms with Gasteiger partial charge in [-0.2, -0.15) is 0 Å². The van der Waals surface area contributed by atoms with Gasteiger partial charge >= 0.3 is 5.97 Å². The Kier molecular flexibility index (Phi) is 4.31. The van der Waals surface area contributed by atoms with Gasteiger partial charge in [0, 0.05) is 30.9 Å². The zero-order valence-electron chi connectivity index (χ0n) is 11.6. The van der Waals surface area contributed by atoms with E-state index >= 15 is 0 Å². The van der Waals surface area contributed by atoms with Crippen LogP contribution in [0.3, 0.4) is 0 Å². The number of carbonyl (C=O) groups excluding carboxylic acids is 1. The van der Waals surface area contributed by atoms with Crippen molar-refractivity contribution in [1.29, 1.82) is 0 Å². The van der Waals surface area contributed by atoms with Crippen molar-refractivity contribution < 1.29 is 9.53 Å². The summed E-state index contributed by atoms with van der Waals surface area (Å²) >= 11 is 0. The van der Waals surface area contributed by atoms with Crippen molar-refractivity contribution in [2.45, 2.75) is 25.8 Å². The minimum absolute atomic E-state index is 0.132. The lowest BCUT2D eigenvalue weighted by molar-refractivity contribution is 0.0586. The molecular formula is C13H20N4O2. The molecule has 2 heterocycles. The van der Waals surface area contributed by atoms with E-state index < -0.39 is 5.97 Å². The van der Waals surface area contributed by atoms with Gasteiger partial charge in [0.25, 0.3) is 0 Å². The van der Waals surface area contributed by atoms with Crippen molar-refractivity contribution in [3.63, 3.8) is 0 Å². The van der Waals surface area contributed by atoms with Crippen LogP contribution in [0, 0.1) is 6.92 Å². The summed E-state index contributed by atoms with van der Waals surface area (Å²) < 4.78 is 4.69.